The van der Waals surface area contributed by atoms with E-state index in [9.17, 15) is 8.78 Å². The Morgan fingerprint density at radius 3 is 2.53 bits per heavy atom. The highest BCUT2D eigenvalue weighted by Crippen LogP contribution is 2.21. The van der Waals surface area contributed by atoms with Crippen LogP contribution >= 0.6 is 0 Å². The number of halogens is 2. The lowest BCUT2D eigenvalue weighted by Crippen LogP contribution is -2.13. The fourth-order valence-electron chi connectivity index (χ4n) is 1.82. The quantitative estimate of drug-likeness (QED) is 0.656. The molecule has 0 fully saturated rings. The van der Waals surface area contributed by atoms with Crippen LogP contribution in [-0.4, -0.2) is 9.78 Å². The van der Waals surface area contributed by atoms with Crippen LogP contribution in [0.1, 0.15) is 11.3 Å². The van der Waals surface area contributed by atoms with E-state index in [-0.39, 0.29) is 12.4 Å². The van der Waals surface area contributed by atoms with E-state index < -0.39 is 11.6 Å². The van der Waals surface area contributed by atoms with Gasteiger partial charge in [-0.15, -0.1) is 0 Å². The van der Waals surface area contributed by atoms with E-state index in [2.05, 4.69) is 10.5 Å². The standard InChI is InChI=1S/C12H14F2N4O/c1-7-11(12(16-15)18(2)17-7)6-19-10-4-8(13)3-9(14)5-10/h3-5,16H,6,15H2,1-2H3. The summed E-state index contributed by atoms with van der Waals surface area (Å²) in [5, 5.41) is 4.18. The molecule has 5 nitrogen and oxygen atoms in total. The van der Waals surface area contributed by atoms with Crippen molar-refractivity contribution in [3.63, 3.8) is 0 Å². The summed E-state index contributed by atoms with van der Waals surface area (Å²) in [5.41, 5.74) is 3.98. The molecule has 3 N–H and O–H groups in total. The van der Waals surface area contributed by atoms with Crippen molar-refractivity contribution in [2.24, 2.45) is 12.9 Å². The van der Waals surface area contributed by atoms with Gasteiger partial charge in [-0.25, -0.2) is 14.6 Å². The highest BCUT2D eigenvalue weighted by Gasteiger charge is 2.13. The number of aryl methyl sites for hydroxylation is 2. The summed E-state index contributed by atoms with van der Waals surface area (Å²) >= 11 is 0. The summed E-state index contributed by atoms with van der Waals surface area (Å²) in [7, 11) is 1.73. The molecule has 7 heteroatoms. The third kappa shape index (κ3) is 2.82. The van der Waals surface area contributed by atoms with Gasteiger partial charge in [-0.2, -0.15) is 5.10 Å². The molecule has 102 valence electrons. The summed E-state index contributed by atoms with van der Waals surface area (Å²) in [6.07, 6.45) is 0. The Balaban J connectivity index is 2.18. The smallest absolute Gasteiger partial charge is 0.145 e. The molecule has 0 unspecified atom stereocenters. The van der Waals surface area contributed by atoms with E-state index >= 15 is 0 Å². The lowest BCUT2D eigenvalue weighted by atomic mass is 10.2. The van der Waals surface area contributed by atoms with Crippen LogP contribution in [0.5, 0.6) is 5.75 Å². The third-order valence-electron chi connectivity index (χ3n) is 2.70. The number of nitrogens with one attached hydrogen (secondary N) is 1. The van der Waals surface area contributed by atoms with Crippen molar-refractivity contribution < 1.29 is 13.5 Å². The molecule has 0 aliphatic carbocycles. The number of aromatic nitrogens is 2. The molecule has 0 amide bonds. The fourth-order valence-corrected chi connectivity index (χ4v) is 1.82. The van der Waals surface area contributed by atoms with E-state index in [0.717, 1.165) is 29.5 Å². The third-order valence-corrected chi connectivity index (χ3v) is 2.70. The van der Waals surface area contributed by atoms with Gasteiger partial charge in [0.15, 0.2) is 0 Å². The molecular formula is C12H14F2N4O. The molecule has 0 aliphatic heterocycles. The van der Waals surface area contributed by atoms with Gasteiger partial charge in [-0.1, -0.05) is 0 Å². The van der Waals surface area contributed by atoms with Crippen LogP contribution in [0, 0.1) is 18.6 Å². The summed E-state index contributed by atoms with van der Waals surface area (Å²) in [4.78, 5) is 0. The van der Waals surface area contributed by atoms with Gasteiger partial charge in [0.1, 0.15) is 29.8 Å². The second kappa shape index (κ2) is 5.23. The summed E-state index contributed by atoms with van der Waals surface area (Å²) < 4.78 is 33.0. The Morgan fingerprint density at radius 2 is 1.95 bits per heavy atom. The summed E-state index contributed by atoms with van der Waals surface area (Å²) in [6, 6.07) is 3.02. The average molecular weight is 268 g/mol. The maximum absolute atomic E-state index is 13.0. The molecule has 0 radical (unpaired) electrons. The second-order valence-corrected chi connectivity index (χ2v) is 4.07. The van der Waals surface area contributed by atoms with Gasteiger partial charge in [0.25, 0.3) is 0 Å². The van der Waals surface area contributed by atoms with Crippen molar-refractivity contribution in [2.75, 3.05) is 5.43 Å². The minimum Gasteiger partial charge on any atom is -0.488 e. The molecule has 1 aromatic carbocycles. The van der Waals surface area contributed by atoms with Gasteiger partial charge in [0, 0.05) is 25.2 Å². The SMILES string of the molecule is Cc1nn(C)c(NN)c1COc1cc(F)cc(F)c1. The lowest BCUT2D eigenvalue weighted by Gasteiger charge is -2.08. The van der Waals surface area contributed by atoms with Crippen molar-refractivity contribution in [2.45, 2.75) is 13.5 Å². The number of anilines is 1. The molecule has 1 aromatic heterocycles. The van der Waals surface area contributed by atoms with Crippen LogP contribution in [0.4, 0.5) is 14.6 Å². The average Bonchev–Trinajstić information content (AvgIpc) is 2.59. The minimum absolute atomic E-state index is 0.113. The molecule has 2 rings (SSSR count). The van der Waals surface area contributed by atoms with Gasteiger partial charge in [-0.05, 0) is 6.92 Å². The van der Waals surface area contributed by atoms with E-state index in [1.807, 2.05) is 0 Å². The minimum atomic E-state index is -0.685. The van der Waals surface area contributed by atoms with Crippen LogP contribution in [-0.2, 0) is 13.7 Å². The molecular weight excluding hydrogens is 254 g/mol. The van der Waals surface area contributed by atoms with Crippen LogP contribution in [0.2, 0.25) is 0 Å². The molecule has 0 atom stereocenters. The Hall–Kier alpha value is -2.15. The number of nitrogens with two attached hydrogens (primary N) is 1. The first-order chi connectivity index (χ1) is 9.01. The number of rotatable bonds is 4. The van der Waals surface area contributed by atoms with E-state index in [1.54, 1.807) is 18.7 Å². The Bertz CT molecular complexity index is 577. The van der Waals surface area contributed by atoms with Crippen molar-refractivity contribution in [1.82, 2.24) is 9.78 Å². The maximum atomic E-state index is 13.0. The number of ether oxygens (including phenoxy) is 1. The number of nitrogen functional groups attached to an aromatic ring is 1. The molecule has 2 aromatic rings. The van der Waals surface area contributed by atoms with Gasteiger partial charge >= 0.3 is 0 Å². The van der Waals surface area contributed by atoms with Crippen molar-refractivity contribution in [3.8, 4) is 5.75 Å². The highest BCUT2D eigenvalue weighted by molar-refractivity contribution is 5.46. The van der Waals surface area contributed by atoms with Crippen LogP contribution in [0.15, 0.2) is 18.2 Å². The number of hydrazine groups is 1. The zero-order valence-electron chi connectivity index (χ0n) is 10.6. The number of hydrogen-bond donors (Lipinski definition) is 2. The molecule has 0 saturated heterocycles. The van der Waals surface area contributed by atoms with E-state index in [0.29, 0.717) is 5.82 Å². The second-order valence-electron chi connectivity index (χ2n) is 4.07. The summed E-state index contributed by atoms with van der Waals surface area (Å²) in [5.74, 6) is 4.73. The lowest BCUT2D eigenvalue weighted by molar-refractivity contribution is 0.302. The zero-order chi connectivity index (χ0) is 14.0. The Labute approximate surface area is 108 Å². The van der Waals surface area contributed by atoms with Crippen LogP contribution in [0.25, 0.3) is 0 Å². The normalized spacial score (nSPS) is 10.6. The van der Waals surface area contributed by atoms with Crippen molar-refractivity contribution in [1.29, 1.82) is 0 Å². The van der Waals surface area contributed by atoms with E-state index in [4.69, 9.17) is 10.6 Å². The Kier molecular flexibility index (Phi) is 3.66. The highest BCUT2D eigenvalue weighted by atomic mass is 19.1. The maximum Gasteiger partial charge on any atom is 0.145 e. The van der Waals surface area contributed by atoms with Gasteiger partial charge in [-0.3, -0.25) is 4.68 Å². The molecule has 0 aliphatic rings. The number of benzene rings is 1. The summed E-state index contributed by atoms with van der Waals surface area (Å²) in [6.45, 7) is 1.91. The van der Waals surface area contributed by atoms with Gasteiger partial charge < -0.3 is 10.2 Å². The predicted molar refractivity (Wildman–Crippen MR) is 66.4 cm³/mol. The monoisotopic (exact) mass is 268 g/mol. The van der Waals surface area contributed by atoms with E-state index in [1.165, 1.54) is 0 Å². The van der Waals surface area contributed by atoms with Crippen LogP contribution < -0.4 is 16.0 Å². The first kappa shape index (κ1) is 13.3. The first-order valence-electron chi connectivity index (χ1n) is 5.59. The molecule has 0 spiro atoms. The largest absolute Gasteiger partial charge is 0.488 e. The zero-order valence-corrected chi connectivity index (χ0v) is 10.6. The van der Waals surface area contributed by atoms with Crippen molar-refractivity contribution in [3.05, 3.63) is 41.1 Å². The number of nitrogens with zero attached hydrogens (tertiary/aromatic N) is 2. The van der Waals surface area contributed by atoms with Crippen molar-refractivity contribution >= 4 is 5.82 Å². The fraction of sp³-hybridized carbons (Fsp3) is 0.250. The molecule has 1 heterocycles. The molecule has 0 saturated carbocycles. The van der Waals surface area contributed by atoms with Crippen LogP contribution in [0.3, 0.4) is 0 Å². The molecule has 19 heavy (non-hydrogen) atoms. The van der Waals surface area contributed by atoms with Gasteiger partial charge in [0.05, 0.1) is 11.3 Å². The Morgan fingerprint density at radius 1 is 1.32 bits per heavy atom. The topological polar surface area (TPSA) is 65.1 Å². The first-order valence-corrected chi connectivity index (χ1v) is 5.59. The van der Waals surface area contributed by atoms with Gasteiger partial charge in [0.2, 0.25) is 0 Å². The predicted octanol–water partition coefficient (Wildman–Crippen LogP) is 1.87. The molecule has 0 bridgehead atoms. The number of hydrogen-bond acceptors (Lipinski definition) is 4.